The molecule has 0 aromatic carbocycles. The van der Waals surface area contributed by atoms with Crippen LogP contribution in [0.1, 0.15) is 6.92 Å². The van der Waals surface area contributed by atoms with Crippen molar-refractivity contribution in [3.63, 3.8) is 0 Å². The largest absolute Gasteiger partial charge is 0.478 e. The molecular formula is C49H98O27. The lowest BCUT2D eigenvalue weighted by atomic mass is 10.4. The van der Waals surface area contributed by atoms with Gasteiger partial charge in [0.2, 0.25) is 0 Å². The fraction of sp³-hybridized carbons (Fsp3) is 0.878. The summed E-state index contributed by atoms with van der Waals surface area (Å²) >= 11 is 0. The van der Waals surface area contributed by atoms with Gasteiger partial charge in [-0.15, -0.1) is 6.58 Å². The zero-order chi connectivity index (χ0) is 56.6. The van der Waals surface area contributed by atoms with Crippen molar-refractivity contribution >= 4 is 11.9 Å². The van der Waals surface area contributed by atoms with Crippen LogP contribution in [-0.2, 0) is 99.6 Å². The van der Waals surface area contributed by atoms with Gasteiger partial charge in [0.25, 0.3) is 0 Å². The Hall–Kier alpha value is -2.50. The average Bonchev–Trinajstić information content (AvgIpc) is 3.40. The summed E-state index contributed by atoms with van der Waals surface area (Å²) in [5.74, 6) is -2.51. The van der Waals surface area contributed by atoms with Crippen molar-refractivity contribution < 1.29 is 130 Å². The maximum absolute atomic E-state index is 9.55. The number of carboxylic acids is 2. The van der Waals surface area contributed by atoms with E-state index in [1.54, 1.807) is 20.1 Å². The summed E-state index contributed by atoms with van der Waals surface area (Å²) in [6.07, 6.45) is 2.38. The molecule has 0 aromatic rings. The van der Waals surface area contributed by atoms with Crippen LogP contribution in [0.4, 0.5) is 0 Å². The Morgan fingerprint density at radius 2 is 0.500 bits per heavy atom. The number of hydrogen-bond donors (Lipinski definition) is 6. The van der Waals surface area contributed by atoms with E-state index in [1.807, 2.05) is 0 Å². The maximum Gasteiger partial charge on any atom is 0.328 e. The third-order valence-electron chi connectivity index (χ3n) is 7.67. The van der Waals surface area contributed by atoms with Gasteiger partial charge in [-0.1, -0.05) is 6.08 Å². The minimum atomic E-state index is -1.26. The Bertz CT molecular complexity index is 1050. The van der Waals surface area contributed by atoms with Gasteiger partial charge < -0.3 is 121 Å². The number of aliphatic hydroxyl groups is 4. The molecule has 1 atom stereocenters. The van der Waals surface area contributed by atoms with Crippen LogP contribution in [-0.4, -0.2) is 320 Å². The van der Waals surface area contributed by atoms with Crippen LogP contribution < -0.4 is 0 Å². The third kappa shape index (κ3) is 94.0. The van der Waals surface area contributed by atoms with Gasteiger partial charge in [-0.05, 0) is 6.92 Å². The number of rotatable bonds is 60. The predicted molar refractivity (Wildman–Crippen MR) is 274 cm³/mol. The molecule has 1 unspecified atom stereocenters. The summed E-state index contributed by atoms with van der Waals surface area (Å²) in [5, 5.41) is 50.2. The van der Waals surface area contributed by atoms with Crippen molar-refractivity contribution in [1.29, 1.82) is 0 Å². The molecule has 0 aliphatic rings. The van der Waals surface area contributed by atoms with E-state index in [-0.39, 0.29) is 19.8 Å². The number of ether oxygens (including phenoxy) is 19. The molecule has 0 aliphatic carbocycles. The first kappa shape index (κ1) is 80.0. The molecule has 0 aliphatic heterocycles. The zero-order valence-corrected chi connectivity index (χ0v) is 45.6. The third-order valence-corrected chi connectivity index (χ3v) is 7.67. The van der Waals surface area contributed by atoms with E-state index in [4.69, 9.17) is 116 Å². The topological polar surface area (TPSA) is 331 Å². The molecule has 456 valence electrons. The number of carbonyl (C=O) groups is 2. The summed E-state index contributed by atoms with van der Waals surface area (Å²) in [7, 11) is 1.64. The molecule has 0 saturated heterocycles. The first-order chi connectivity index (χ1) is 37.2. The lowest BCUT2D eigenvalue weighted by Gasteiger charge is -2.09. The SMILES string of the molecule is C=CCOC.CC(O)COCCOCCOCCOCCOCCOCCOCCO.O=C(O)C=CC(=O)O.OCCOCCOCCOCCOCCOCCOCCOCCOCCOCCOCCOCCO. The summed E-state index contributed by atoms with van der Waals surface area (Å²) in [6.45, 7) is 23.2. The van der Waals surface area contributed by atoms with Gasteiger partial charge in [0.1, 0.15) is 0 Å². The Balaban J connectivity index is -0.000000570. The molecule has 0 fully saturated rings. The van der Waals surface area contributed by atoms with Crippen LogP contribution in [0.5, 0.6) is 0 Å². The van der Waals surface area contributed by atoms with Crippen molar-refractivity contribution in [2.24, 2.45) is 0 Å². The first-order valence-electron chi connectivity index (χ1n) is 25.4. The van der Waals surface area contributed by atoms with Gasteiger partial charge >= 0.3 is 11.9 Å². The number of aliphatic carboxylic acids is 2. The number of methoxy groups -OCH3 is 1. The lowest BCUT2D eigenvalue weighted by molar-refractivity contribution is -0.134. The van der Waals surface area contributed by atoms with Gasteiger partial charge in [0.15, 0.2) is 0 Å². The van der Waals surface area contributed by atoms with E-state index >= 15 is 0 Å². The lowest BCUT2D eigenvalue weighted by Crippen LogP contribution is -2.16. The second-order valence-corrected chi connectivity index (χ2v) is 14.3. The van der Waals surface area contributed by atoms with Gasteiger partial charge in [0, 0.05) is 19.3 Å². The monoisotopic (exact) mass is 1120 g/mol. The molecule has 27 heteroatoms. The smallest absolute Gasteiger partial charge is 0.328 e. The van der Waals surface area contributed by atoms with E-state index in [9.17, 15) is 9.59 Å². The Morgan fingerprint density at radius 3 is 0.605 bits per heavy atom. The normalized spacial score (nSPS) is 11.4. The average molecular weight is 1120 g/mol. The van der Waals surface area contributed by atoms with Crippen molar-refractivity contribution in [2.75, 3.05) is 271 Å². The van der Waals surface area contributed by atoms with Crippen molar-refractivity contribution in [3.8, 4) is 0 Å². The Kier molecular flexibility index (Phi) is 83.1. The molecule has 0 saturated carbocycles. The molecule has 0 aromatic heterocycles. The fourth-order valence-corrected chi connectivity index (χ4v) is 4.33. The highest BCUT2D eigenvalue weighted by atomic mass is 16.6. The molecule has 6 N–H and O–H groups in total. The van der Waals surface area contributed by atoms with Crippen molar-refractivity contribution in [2.45, 2.75) is 13.0 Å². The first-order valence-corrected chi connectivity index (χ1v) is 25.4. The summed E-state index contributed by atoms with van der Waals surface area (Å²) in [5.41, 5.74) is 0. The molecule has 0 bridgehead atoms. The minimum absolute atomic E-state index is 0.0253. The quantitative estimate of drug-likeness (QED) is 0.0246. The molecule has 27 nitrogen and oxygen atoms in total. The van der Waals surface area contributed by atoms with E-state index in [2.05, 4.69) is 11.3 Å². The van der Waals surface area contributed by atoms with Gasteiger partial charge in [-0.3, -0.25) is 0 Å². The minimum Gasteiger partial charge on any atom is -0.478 e. The Morgan fingerprint density at radius 1 is 0.342 bits per heavy atom. The molecule has 0 spiro atoms. The highest BCUT2D eigenvalue weighted by molar-refractivity contribution is 5.89. The molecule has 0 amide bonds. The molecule has 76 heavy (non-hydrogen) atoms. The van der Waals surface area contributed by atoms with Crippen LogP contribution in [0.15, 0.2) is 24.8 Å². The highest BCUT2D eigenvalue weighted by Gasteiger charge is 1.99. The summed E-state index contributed by atoms with van der Waals surface area (Å²) < 4.78 is 100. The number of aliphatic hydroxyl groups excluding tert-OH is 4. The van der Waals surface area contributed by atoms with E-state index in [1.165, 1.54) is 0 Å². The Labute approximate surface area is 450 Å². The van der Waals surface area contributed by atoms with Gasteiger partial charge in [-0.2, -0.15) is 0 Å². The number of hydrogen-bond acceptors (Lipinski definition) is 25. The zero-order valence-electron chi connectivity index (χ0n) is 45.6. The van der Waals surface area contributed by atoms with Crippen LogP contribution >= 0.6 is 0 Å². The number of carboxylic acid groups (broad SMARTS) is 2. The predicted octanol–water partition coefficient (Wildman–Crippen LogP) is -0.840. The molecule has 0 heterocycles. The molecular weight excluding hydrogens is 1020 g/mol. The van der Waals surface area contributed by atoms with Crippen LogP contribution in [0.2, 0.25) is 0 Å². The molecule has 0 rings (SSSR count). The van der Waals surface area contributed by atoms with Gasteiger partial charge in [0.05, 0.1) is 270 Å². The van der Waals surface area contributed by atoms with Crippen LogP contribution in [0.25, 0.3) is 0 Å². The van der Waals surface area contributed by atoms with E-state index in [0.29, 0.717) is 257 Å². The molecule has 0 radical (unpaired) electrons. The standard InChI is InChI=1S/C24H50O13.C17H36O9.C4H4O4.C4H8O/c25-1-3-27-5-7-29-9-11-31-13-15-33-17-19-35-21-23-37-24-22-36-20-18-34-16-14-32-12-10-30-8-6-28-4-2-26;1-17(19)16-26-15-14-25-13-12-24-11-10-23-9-8-22-7-6-21-5-4-20-3-2-18;5-3(6)1-2-4(7)8;1-3-4-5-2/h25-26H,1-24H2;17-19H,2-16H2,1H3;1-2H,(H,5,6)(H,7,8);3H,1,4H2,2H3. The second-order valence-electron chi connectivity index (χ2n) is 14.3. The van der Waals surface area contributed by atoms with E-state index in [0.717, 1.165) is 0 Å². The van der Waals surface area contributed by atoms with Crippen LogP contribution in [0, 0.1) is 0 Å². The summed E-state index contributed by atoms with van der Waals surface area (Å²) in [4.78, 5) is 19.1. The van der Waals surface area contributed by atoms with Crippen molar-refractivity contribution in [3.05, 3.63) is 24.8 Å². The van der Waals surface area contributed by atoms with E-state index < -0.39 is 18.0 Å². The maximum atomic E-state index is 9.55. The van der Waals surface area contributed by atoms with Crippen molar-refractivity contribution in [1.82, 2.24) is 0 Å². The second kappa shape index (κ2) is 79.0. The van der Waals surface area contributed by atoms with Crippen LogP contribution in [0.3, 0.4) is 0 Å². The fourth-order valence-electron chi connectivity index (χ4n) is 4.33. The van der Waals surface area contributed by atoms with Gasteiger partial charge in [-0.25, -0.2) is 9.59 Å². The highest BCUT2D eigenvalue weighted by Crippen LogP contribution is 1.89. The summed E-state index contributed by atoms with van der Waals surface area (Å²) in [6, 6.07) is 0.